The van der Waals surface area contributed by atoms with Crippen molar-refractivity contribution in [2.45, 2.75) is 13.8 Å². The molecule has 2 aromatic rings. The molecular weight excluding hydrogens is 346 g/mol. The Bertz CT molecular complexity index is 858. The number of amides is 2. The van der Waals surface area contributed by atoms with Crippen LogP contribution in [0.4, 0.5) is 11.5 Å². The lowest BCUT2D eigenvalue weighted by Gasteiger charge is -2.34. The van der Waals surface area contributed by atoms with Crippen LogP contribution in [0.1, 0.15) is 34.7 Å². The van der Waals surface area contributed by atoms with Crippen molar-refractivity contribution in [1.82, 2.24) is 14.9 Å². The van der Waals surface area contributed by atoms with Gasteiger partial charge in [0, 0.05) is 50.4 Å². The van der Waals surface area contributed by atoms with Gasteiger partial charge in [-0.3, -0.25) is 14.4 Å². The van der Waals surface area contributed by atoms with E-state index in [0.717, 1.165) is 0 Å². The van der Waals surface area contributed by atoms with E-state index in [-0.39, 0.29) is 23.3 Å². The number of carbonyl (C=O) groups is 3. The largest absolute Gasteiger partial charge is 0.353 e. The predicted molar refractivity (Wildman–Crippen MR) is 101 cm³/mol. The van der Waals surface area contributed by atoms with Crippen LogP contribution in [0.5, 0.6) is 0 Å². The maximum atomic E-state index is 12.5. The molecule has 0 spiro atoms. The summed E-state index contributed by atoms with van der Waals surface area (Å²) in [5.41, 5.74) is 1.42. The second-order valence-corrected chi connectivity index (χ2v) is 6.34. The molecule has 0 aliphatic carbocycles. The fourth-order valence-electron chi connectivity index (χ4n) is 2.88. The molecule has 8 nitrogen and oxygen atoms in total. The first kappa shape index (κ1) is 18.5. The third kappa shape index (κ3) is 4.46. The Balaban J connectivity index is 1.67. The number of nitrogens with zero attached hydrogens (tertiary/aromatic N) is 4. The highest BCUT2D eigenvalue weighted by atomic mass is 16.2. The molecule has 0 bridgehead atoms. The van der Waals surface area contributed by atoms with Crippen molar-refractivity contribution in [3.8, 4) is 0 Å². The van der Waals surface area contributed by atoms with Gasteiger partial charge < -0.3 is 15.1 Å². The van der Waals surface area contributed by atoms with Crippen LogP contribution in [0.25, 0.3) is 0 Å². The molecule has 1 N–H and O–H groups in total. The average molecular weight is 367 g/mol. The number of ketones is 1. The molecular formula is C19H21N5O3. The molecule has 27 heavy (non-hydrogen) atoms. The van der Waals surface area contributed by atoms with Crippen LogP contribution in [-0.4, -0.2) is 58.6 Å². The van der Waals surface area contributed by atoms with Crippen LogP contribution < -0.4 is 10.2 Å². The monoisotopic (exact) mass is 367 g/mol. The molecule has 0 saturated carbocycles. The molecule has 1 aromatic carbocycles. The van der Waals surface area contributed by atoms with Gasteiger partial charge in [0.2, 0.25) is 5.91 Å². The Morgan fingerprint density at radius 1 is 0.963 bits per heavy atom. The fraction of sp³-hybridized carbons (Fsp3) is 0.316. The molecule has 1 aliphatic rings. The van der Waals surface area contributed by atoms with Gasteiger partial charge in [0.25, 0.3) is 5.91 Å². The Hall–Kier alpha value is -3.29. The molecule has 1 saturated heterocycles. The molecule has 1 aromatic heterocycles. The van der Waals surface area contributed by atoms with Crippen molar-refractivity contribution < 1.29 is 14.4 Å². The van der Waals surface area contributed by atoms with Crippen LogP contribution in [-0.2, 0) is 4.79 Å². The quantitative estimate of drug-likeness (QED) is 0.825. The van der Waals surface area contributed by atoms with E-state index in [2.05, 4.69) is 15.3 Å². The highest BCUT2D eigenvalue weighted by molar-refractivity contribution is 6.03. The van der Waals surface area contributed by atoms with Crippen molar-refractivity contribution in [3.63, 3.8) is 0 Å². The van der Waals surface area contributed by atoms with Gasteiger partial charge in [-0.2, -0.15) is 0 Å². The molecule has 0 radical (unpaired) electrons. The van der Waals surface area contributed by atoms with Crippen LogP contribution in [0, 0.1) is 0 Å². The number of benzene rings is 1. The van der Waals surface area contributed by atoms with Crippen LogP contribution in [0.2, 0.25) is 0 Å². The summed E-state index contributed by atoms with van der Waals surface area (Å²) >= 11 is 0. The predicted octanol–water partition coefficient (Wildman–Crippen LogP) is 1.60. The Labute approximate surface area is 157 Å². The molecule has 0 unspecified atom stereocenters. The number of piperazine rings is 1. The Morgan fingerprint density at radius 2 is 1.63 bits per heavy atom. The van der Waals surface area contributed by atoms with Crippen molar-refractivity contribution in [3.05, 3.63) is 47.9 Å². The highest BCUT2D eigenvalue weighted by Crippen LogP contribution is 2.16. The van der Waals surface area contributed by atoms with E-state index in [9.17, 15) is 14.4 Å². The third-order valence-electron chi connectivity index (χ3n) is 4.48. The van der Waals surface area contributed by atoms with Gasteiger partial charge in [-0.15, -0.1) is 0 Å². The molecule has 1 aliphatic heterocycles. The van der Waals surface area contributed by atoms with Gasteiger partial charge in [0.15, 0.2) is 5.78 Å². The summed E-state index contributed by atoms with van der Waals surface area (Å²) in [6.07, 6.45) is 1.36. The summed E-state index contributed by atoms with van der Waals surface area (Å²) in [5.74, 6) is 0.341. The van der Waals surface area contributed by atoms with Gasteiger partial charge >= 0.3 is 0 Å². The summed E-state index contributed by atoms with van der Waals surface area (Å²) in [6, 6.07) is 8.33. The molecule has 0 atom stereocenters. The summed E-state index contributed by atoms with van der Waals surface area (Å²) in [5, 5.41) is 2.76. The van der Waals surface area contributed by atoms with E-state index in [1.165, 1.54) is 13.3 Å². The minimum absolute atomic E-state index is 0.0295. The molecule has 3 rings (SSSR count). The van der Waals surface area contributed by atoms with Crippen molar-refractivity contribution >= 4 is 29.1 Å². The lowest BCUT2D eigenvalue weighted by molar-refractivity contribution is -0.129. The Kier molecular flexibility index (Phi) is 5.44. The molecule has 8 heteroatoms. The smallest absolute Gasteiger partial charge is 0.274 e. The standard InChI is InChI=1S/C19H21N5O3/c1-13(25)15-3-5-16(6-4-15)22-19(27)17-11-18(21-12-20-17)24-9-7-23(8-10-24)14(2)26/h3-6,11-12H,7-10H2,1-2H3,(H,22,27). The van der Waals surface area contributed by atoms with Crippen molar-refractivity contribution in [2.75, 3.05) is 36.4 Å². The molecule has 140 valence electrons. The number of rotatable bonds is 4. The lowest BCUT2D eigenvalue weighted by atomic mass is 10.1. The van der Waals surface area contributed by atoms with E-state index in [0.29, 0.717) is 43.2 Å². The van der Waals surface area contributed by atoms with E-state index in [1.807, 2.05) is 4.90 Å². The van der Waals surface area contributed by atoms with Crippen molar-refractivity contribution in [2.24, 2.45) is 0 Å². The number of anilines is 2. The van der Waals surface area contributed by atoms with Gasteiger partial charge in [0.05, 0.1) is 0 Å². The number of hydrogen-bond donors (Lipinski definition) is 1. The number of hydrogen-bond acceptors (Lipinski definition) is 6. The van der Waals surface area contributed by atoms with Gasteiger partial charge in [-0.1, -0.05) is 0 Å². The van der Waals surface area contributed by atoms with E-state index in [4.69, 9.17) is 0 Å². The average Bonchev–Trinajstić information content (AvgIpc) is 2.68. The number of Topliss-reactive ketones (excluding diaryl/α,β-unsaturated/α-hetero) is 1. The Morgan fingerprint density at radius 3 is 2.22 bits per heavy atom. The summed E-state index contributed by atoms with van der Waals surface area (Å²) in [4.78, 5) is 47.3. The zero-order valence-electron chi connectivity index (χ0n) is 15.3. The van der Waals surface area contributed by atoms with Crippen LogP contribution in [0.3, 0.4) is 0 Å². The minimum Gasteiger partial charge on any atom is -0.353 e. The van der Waals surface area contributed by atoms with E-state index >= 15 is 0 Å². The summed E-state index contributed by atoms with van der Waals surface area (Å²) in [7, 11) is 0. The SMILES string of the molecule is CC(=O)c1ccc(NC(=O)c2cc(N3CCN(C(C)=O)CC3)ncn2)cc1. The number of aromatic nitrogens is 2. The fourth-order valence-corrected chi connectivity index (χ4v) is 2.88. The zero-order chi connectivity index (χ0) is 19.4. The summed E-state index contributed by atoms with van der Waals surface area (Å²) in [6.45, 7) is 5.62. The topological polar surface area (TPSA) is 95.5 Å². The summed E-state index contributed by atoms with van der Waals surface area (Å²) < 4.78 is 0. The second kappa shape index (κ2) is 7.94. The van der Waals surface area contributed by atoms with Gasteiger partial charge in [-0.25, -0.2) is 9.97 Å². The maximum absolute atomic E-state index is 12.5. The van der Waals surface area contributed by atoms with Crippen LogP contribution in [0.15, 0.2) is 36.7 Å². The highest BCUT2D eigenvalue weighted by Gasteiger charge is 2.20. The third-order valence-corrected chi connectivity index (χ3v) is 4.48. The maximum Gasteiger partial charge on any atom is 0.274 e. The van der Waals surface area contributed by atoms with Gasteiger partial charge in [-0.05, 0) is 31.2 Å². The van der Waals surface area contributed by atoms with E-state index < -0.39 is 0 Å². The first-order valence-electron chi connectivity index (χ1n) is 8.69. The normalized spacial score (nSPS) is 14.0. The number of carbonyl (C=O) groups excluding carboxylic acids is 3. The minimum atomic E-state index is -0.350. The second-order valence-electron chi connectivity index (χ2n) is 6.34. The molecule has 2 heterocycles. The molecule has 1 fully saturated rings. The lowest BCUT2D eigenvalue weighted by Crippen LogP contribution is -2.48. The van der Waals surface area contributed by atoms with Crippen LogP contribution >= 0.6 is 0 Å². The van der Waals surface area contributed by atoms with Gasteiger partial charge in [0.1, 0.15) is 17.8 Å². The zero-order valence-corrected chi connectivity index (χ0v) is 15.3. The first-order chi connectivity index (χ1) is 12.9. The van der Waals surface area contributed by atoms with E-state index in [1.54, 1.807) is 42.2 Å². The molecule has 2 amide bonds. The number of nitrogens with one attached hydrogen (secondary N) is 1. The first-order valence-corrected chi connectivity index (χ1v) is 8.69. The van der Waals surface area contributed by atoms with Crippen molar-refractivity contribution in [1.29, 1.82) is 0 Å².